The Balaban J connectivity index is 1.63. The Morgan fingerprint density at radius 2 is 1.89 bits per heavy atom. The van der Waals surface area contributed by atoms with Crippen molar-refractivity contribution in [1.82, 2.24) is 4.90 Å². The minimum atomic E-state index is -1.02. The van der Waals surface area contributed by atoms with Crippen LogP contribution in [0.2, 0.25) is 5.02 Å². The predicted molar refractivity (Wildman–Crippen MR) is 148 cm³/mol. The standard InChI is InChI=1S/C29H31ClN2O5S/c1-3-15-31(20-11-9-19(30)10-12-20)26(35)24-29-14-13-28(2,38-29)23(27(36)37)22(29)25(34)32(24)21(17-33)16-18-7-5-4-6-8-18/h3-12,21-24,33H,1,13-17H2,2H3,(H,36,37)/t21-,22+,23+,24?,28-,29?/m1/s1. The molecular weight excluding hydrogens is 524 g/mol. The van der Waals surface area contributed by atoms with Gasteiger partial charge in [-0.25, -0.2) is 0 Å². The summed E-state index contributed by atoms with van der Waals surface area (Å²) in [5, 5.41) is 21.3. The molecule has 1 spiro atoms. The quantitative estimate of drug-likeness (QED) is 0.454. The van der Waals surface area contributed by atoms with Crippen molar-refractivity contribution in [3.63, 3.8) is 0 Å². The Kier molecular flexibility index (Phi) is 7.09. The van der Waals surface area contributed by atoms with Gasteiger partial charge in [0.1, 0.15) is 6.04 Å². The number of anilines is 1. The van der Waals surface area contributed by atoms with Gasteiger partial charge in [0.2, 0.25) is 5.91 Å². The predicted octanol–water partition coefficient (Wildman–Crippen LogP) is 4.03. The number of nitrogens with zero attached hydrogens (tertiary/aromatic N) is 2. The molecule has 6 atom stereocenters. The summed E-state index contributed by atoms with van der Waals surface area (Å²) < 4.78 is -1.55. The first kappa shape index (κ1) is 26.8. The molecule has 0 aromatic heterocycles. The number of aliphatic hydroxyl groups excluding tert-OH is 1. The highest BCUT2D eigenvalue weighted by Gasteiger charge is 2.78. The summed E-state index contributed by atoms with van der Waals surface area (Å²) in [6, 6.07) is 14.8. The van der Waals surface area contributed by atoms with Gasteiger partial charge in [-0.3, -0.25) is 14.4 Å². The Bertz CT molecular complexity index is 1260. The molecule has 2 bridgehead atoms. The number of aliphatic hydroxyl groups is 1. The van der Waals surface area contributed by atoms with Crippen LogP contribution in [0.3, 0.4) is 0 Å². The maximum Gasteiger partial charge on any atom is 0.308 e. The number of hydrogen-bond acceptors (Lipinski definition) is 5. The number of carbonyl (C=O) groups is 3. The number of thioether (sulfide) groups is 1. The van der Waals surface area contributed by atoms with Crippen LogP contribution in [0.4, 0.5) is 5.69 Å². The number of carboxylic acid groups (broad SMARTS) is 1. The van der Waals surface area contributed by atoms with Crippen molar-refractivity contribution in [2.24, 2.45) is 11.8 Å². The Morgan fingerprint density at radius 1 is 1.21 bits per heavy atom. The number of benzene rings is 2. The largest absolute Gasteiger partial charge is 0.481 e. The van der Waals surface area contributed by atoms with Crippen molar-refractivity contribution in [3.05, 3.63) is 77.8 Å². The molecule has 2 aromatic rings. The molecule has 3 fully saturated rings. The lowest BCUT2D eigenvalue weighted by Crippen LogP contribution is -2.58. The number of aliphatic carboxylic acids is 1. The number of carboxylic acids is 1. The molecule has 2 amide bonds. The van der Waals surface area contributed by atoms with Crippen molar-refractivity contribution in [2.45, 2.75) is 47.8 Å². The fraction of sp³-hybridized carbons (Fsp3) is 0.414. The van der Waals surface area contributed by atoms with Gasteiger partial charge in [0.05, 0.1) is 29.2 Å². The fourth-order valence-electron chi connectivity index (χ4n) is 6.77. The summed E-state index contributed by atoms with van der Waals surface area (Å²) in [6.45, 7) is 5.58. The molecule has 9 heteroatoms. The zero-order valence-electron chi connectivity index (χ0n) is 21.1. The lowest BCUT2D eigenvalue weighted by atomic mass is 9.66. The third kappa shape index (κ3) is 4.14. The molecule has 2 unspecified atom stereocenters. The third-order valence-electron chi connectivity index (χ3n) is 8.35. The van der Waals surface area contributed by atoms with Crippen LogP contribution in [-0.4, -0.2) is 67.6 Å². The molecule has 0 saturated carbocycles. The number of amides is 2. The molecule has 38 heavy (non-hydrogen) atoms. The highest BCUT2D eigenvalue weighted by molar-refractivity contribution is 8.02. The Morgan fingerprint density at radius 3 is 2.50 bits per heavy atom. The van der Waals surface area contributed by atoms with Crippen molar-refractivity contribution in [3.8, 4) is 0 Å². The summed E-state index contributed by atoms with van der Waals surface area (Å²) in [5.41, 5.74) is 1.52. The summed E-state index contributed by atoms with van der Waals surface area (Å²) in [5.74, 6) is -3.45. The second-order valence-corrected chi connectivity index (χ2v) is 12.9. The molecular formula is C29H31ClN2O5S. The van der Waals surface area contributed by atoms with E-state index in [1.54, 1.807) is 35.2 Å². The van der Waals surface area contributed by atoms with Gasteiger partial charge >= 0.3 is 5.97 Å². The van der Waals surface area contributed by atoms with Crippen LogP contribution in [-0.2, 0) is 20.8 Å². The van der Waals surface area contributed by atoms with E-state index in [0.717, 1.165) is 5.56 Å². The molecule has 3 heterocycles. The molecule has 0 radical (unpaired) electrons. The van der Waals surface area contributed by atoms with E-state index in [-0.39, 0.29) is 25.0 Å². The summed E-state index contributed by atoms with van der Waals surface area (Å²) in [4.78, 5) is 44.4. The molecule has 2 aromatic carbocycles. The Hall–Kier alpha value is -2.81. The molecule has 5 rings (SSSR count). The van der Waals surface area contributed by atoms with Gasteiger partial charge in [0.25, 0.3) is 5.91 Å². The third-order valence-corrected chi connectivity index (χ3v) is 10.6. The fourth-order valence-corrected chi connectivity index (χ4v) is 9.23. The molecule has 0 aliphatic carbocycles. The molecule has 3 aliphatic rings. The molecule has 2 N–H and O–H groups in total. The zero-order chi connectivity index (χ0) is 27.2. The maximum absolute atomic E-state index is 14.6. The van der Waals surface area contributed by atoms with Gasteiger partial charge in [0.15, 0.2) is 0 Å². The van der Waals surface area contributed by atoms with Gasteiger partial charge in [-0.15, -0.1) is 18.3 Å². The normalized spacial score (nSPS) is 30.2. The summed E-state index contributed by atoms with van der Waals surface area (Å²) in [6.07, 6.45) is 3.11. The molecule has 3 saturated heterocycles. The van der Waals surface area contributed by atoms with E-state index in [2.05, 4.69) is 6.58 Å². The van der Waals surface area contributed by atoms with Crippen LogP contribution < -0.4 is 4.90 Å². The van der Waals surface area contributed by atoms with Crippen LogP contribution in [0.25, 0.3) is 0 Å². The summed E-state index contributed by atoms with van der Waals surface area (Å²) >= 11 is 7.58. The van der Waals surface area contributed by atoms with Crippen LogP contribution in [0.5, 0.6) is 0 Å². The van der Waals surface area contributed by atoms with Gasteiger partial charge in [-0.05, 0) is 56.0 Å². The second-order valence-electron chi connectivity index (χ2n) is 10.6. The number of likely N-dealkylation sites (tertiary alicyclic amines) is 1. The Labute approximate surface area is 231 Å². The van der Waals surface area contributed by atoms with E-state index in [4.69, 9.17) is 11.6 Å². The van der Waals surface area contributed by atoms with E-state index in [1.807, 2.05) is 37.3 Å². The number of halogens is 1. The van der Waals surface area contributed by atoms with Crippen molar-refractivity contribution < 1.29 is 24.6 Å². The van der Waals surface area contributed by atoms with E-state index >= 15 is 0 Å². The summed E-state index contributed by atoms with van der Waals surface area (Å²) in [7, 11) is 0. The number of carbonyl (C=O) groups excluding carboxylic acids is 2. The lowest BCUT2D eigenvalue weighted by molar-refractivity contribution is -0.150. The lowest BCUT2D eigenvalue weighted by Gasteiger charge is -2.39. The van der Waals surface area contributed by atoms with Gasteiger partial charge in [-0.2, -0.15) is 0 Å². The first-order chi connectivity index (χ1) is 18.2. The van der Waals surface area contributed by atoms with E-state index in [9.17, 15) is 24.6 Å². The van der Waals surface area contributed by atoms with Crippen LogP contribution in [0.1, 0.15) is 25.3 Å². The van der Waals surface area contributed by atoms with Gasteiger partial charge < -0.3 is 20.0 Å². The van der Waals surface area contributed by atoms with E-state index in [0.29, 0.717) is 30.0 Å². The highest BCUT2D eigenvalue weighted by atomic mass is 35.5. The van der Waals surface area contributed by atoms with Crippen molar-refractivity contribution >= 4 is 46.8 Å². The van der Waals surface area contributed by atoms with Crippen LogP contribution in [0, 0.1) is 11.8 Å². The van der Waals surface area contributed by atoms with Crippen LogP contribution in [0.15, 0.2) is 67.3 Å². The SMILES string of the molecule is C=CCN(C(=O)C1N([C@@H](CO)Cc2ccccc2)C(=O)[C@@H]2[C@@H](C(=O)O)[C@@]3(C)CCC12S3)c1ccc(Cl)cc1. The van der Waals surface area contributed by atoms with Crippen molar-refractivity contribution in [1.29, 1.82) is 0 Å². The number of rotatable bonds is 9. The average molecular weight is 555 g/mol. The van der Waals surface area contributed by atoms with E-state index < -0.39 is 39.4 Å². The molecule has 3 aliphatic heterocycles. The van der Waals surface area contributed by atoms with E-state index in [1.165, 1.54) is 16.7 Å². The van der Waals surface area contributed by atoms with Crippen LogP contribution >= 0.6 is 23.4 Å². The monoisotopic (exact) mass is 554 g/mol. The zero-order valence-corrected chi connectivity index (χ0v) is 22.7. The number of fused-ring (bicyclic) bond motifs is 1. The highest BCUT2D eigenvalue weighted by Crippen LogP contribution is 2.71. The maximum atomic E-state index is 14.6. The average Bonchev–Trinajstić information content (AvgIpc) is 3.47. The molecule has 7 nitrogen and oxygen atoms in total. The second kappa shape index (κ2) is 10.1. The minimum Gasteiger partial charge on any atom is -0.481 e. The van der Waals surface area contributed by atoms with Gasteiger partial charge in [-0.1, -0.05) is 48.0 Å². The first-order valence-corrected chi connectivity index (χ1v) is 13.9. The number of hydrogen-bond donors (Lipinski definition) is 2. The smallest absolute Gasteiger partial charge is 0.308 e. The van der Waals surface area contributed by atoms with Gasteiger partial charge in [0, 0.05) is 22.0 Å². The first-order valence-electron chi connectivity index (χ1n) is 12.7. The molecule has 200 valence electrons. The van der Waals surface area contributed by atoms with Crippen molar-refractivity contribution in [2.75, 3.05) is 18.1 Å². The topological polar surface area (TPSA) is 98.2 Å². The minimum absolute atomic E-state index is 0.201.